The van der Waals surface area contributed by atoms with Gasteiger partial charge in [0, 0.05) is 49.8 Å². The summed E-state index contributed by atoms with van der Waals surface area (Å²) < 4.78 is 0. The van der Waals surface area contributed by atoms with Crippen LogP contribution in [0.5, 0.6) is 0 Å². The van der Waals surface area contributed by atoms with Crippen molar-refractivity contribution < 1.29 is 17.1 Å². The molecule has 4 aromatic carbocycles. The minimum atomic E-state index is 0. The molecule has 262 valence electrons. The van der Waals surface area contributed by atoms with E-state index in [2.05, 4.69) is 159 Å². The number of rotatable bonds is 10. The van der Waals surface area contributed by atoms with Gasteiger partial charge in [0.1, 0.15) is 0 Å². The van der Waals surface area contributed by atoms with Gasteiger partial charge >= 0.3 is 0 Å². The molecule has 0 amide bonds. The average molecular weight is 718 g/mol. The molecular formula is C43H47FeN7. The summed E-state index contributed by atoms with van der Waals surface area (Å²) in [4.78, 5) is 16.3. The number of hydrogen-bond donors (Lipinski definition) is 0. The summed E-state index contributed by atoms with van der Waals surface area (Å²) in [5, 5.41) is 24.0. The smallest absolute Gasteiger partial charge is 0.0966 e. The fourth-order valence-electron chi connectivity index (χ4n) is 5.94. The van der Waals surface area contributed by atoms with Crippen molar-refractivity contribution in [3.63, 3.8) is 0 Å². The number of aromatic nitrogens is 1. The molecule has 0 saturated carbocycles. The largest absolute Gasteiger partial charge is 0.246 e. The zero-order valence-corrected chi connectivity index (χ0v) is 31.9. The Morgan fingerprint density at radius 3 is 0.961 bits per heavy atom. The Labute approximate surface area is 314 Å². The average Bonchev–Trinajstić information content (AvgIpc) is 3.14. The molecule has 51 heavy (non-hydrogen) atoms. The van der Waals surface area contributed by atoms with E-state index in [1.54, 1.807) is 0 Å². The monoisotopic (exact) mass is 717 g/mol. The molecule has 0 bridgehead atoms. The van der Waals surface area contributed by atoms with E-state index in [9.17, 15) is 0 Å². The van der Waals surface area contributed by atoms with Gasteiger partial charge in [-0.15, -0.1) is 0 Å². The van der Waals surface area contributed by atoms with E-state index in [1.165, 1.54) is 22.3 Å². The molecule has 8 heteroatoms. The van der Waals surface area contributed by atoms with Crippen LogP contribution in [0.4, 0.5) is 11.4 Å². The van der Waals surface area contributed by atoms with Crippen LogP contribution in [-0.4, -0.2) is 16.4 Å². The van der Waals surface area contributed by atoms with Crippen LogP contribution in [0.2, 0.25) is 0 Å². The maximum Gasteiger partial charge on any atom is 0.0966 e. The molecule has 0 aliphatic rings. The Morgan fingerprint density at radius 1 is 0.412 bits per heavy atom. The SMILES string of the molecule is CC(C)c1cccc(C(C)C)c1N=C(c1ccccc1)c1cccc(C(=Nc2c(C(C)C)cccc2C(C)C)c2ccccc2)n1.N#N.N#N.[Fe]. The summed E-state index contributed by atoms with van der Waals surface area (Å²) in [6, 6.07) is 40.3. The third kappa shape index (κ3) is 10.4. The van der Waals surface area contributed by atoms with E-state index in [0.29, 0.717) is 23.7 Å². The predicted octanol–water partition coefficient (Wildman–Crippen LogP) is 12.0. The number of pyridine rings is 1. The van der Waals surface area contributed by atoms with Crippen molar-refractivity contribution in [1.82, 2.24) is 4.98 Å². The molecular weight excluding hydrogens is 670 g/mol. The molecule has 0 fully saturated rings. The van der Waals surface area contributed by atoms with Gasteiger partial charge in [-0.3, -0.25) is 0 Å². The van der Waals surface area contributed by atoms with Crippen LogP contribution in [0, 0.1) is 21.6 Å². The number of hydrogen-bond acceptors (Lipinski definition) is 7. The van der Waals surface area contributed by atoms with Crippen molar-refractivity contribution in [1.29, 1.82) is 21.6 Å². The maximum atomic E-state index is 6.00. The molecule has 7 nitrogen and oxygen atoms in total. The second-order valence-corrected chi connectivity index (χ2v) is 13.2. The van der Waals surface area contributed by atoms with Crippen LogP contribution in [0.15, 0.2) is 125 Å². The van der Waals surface area contributed by atoms with E-state index in [4.69, 9.17) is 36.5 Å². The first-order chi connectivity index (χ1) is 24.2. The Kier molecular flexibility index (Phi) is 16.8. The molecule has 0 saturated heterocycles. The van der Waals surface area contributed by atoms with Gasteiger partial charge in [-0.2, -0.15) is 0 Å². The van der Waals surface area contributed by atoms with Gasteiger partial charge in [-0.25, -0.2) is 15.0 Å². The van der Waals surface area contributed by atoms with Gasteiger partial charge in [-0.05, 0) is 58.1 Å². The van der Waals surface area contributed by atoms with Crippen LogP contribution in [0.1, 0.15) is 124 Å². The van der Waals surface area contributed by atoms with Crippen LogP contribution in [0.3, 0.4) is 0 Å². The van der Waals surface area contributed by atoms with E-state index >= 15 is 0 Å². The molecule has 1 aromatic heterocycles. The first-order valence-corrected chi connectivity index (χ1v) is 17.1. The molecule has 0 atom stereocenters. The van der Waals surface area contributed by atoms with Gasteiger partial charge in [-0.1, -0.05) is 159 Å². The minimum absolute atomic E-state index is 0. The Morgan fingerprint density at radius 2 is 0.686 bits per heavy atom. The normalized spacial score (nSPS) is 11.4. The molecule has 0 aliphatic heterocycles. The molecule has 1 heterocycles. The molecule has 0 spiro atoms. The van der Waals surface area contributed by atoms with Crippen molar-refractivity contribution >= 4 is 22.8 Å². The summed E-state index contributed by atoms with van der Waals surface area (Å²) >= 11 is 0. The fraction of sp³-hybridized carbons (Fsp3) is 0.279. The minimum Gasteiger partial charge on any atom is -0.246 e. The third-order valence-electron chi connectivity index (χ3n) is 8.46. The molecule has 0 radical (unpaired) electrons. The van der Waals surface area contributed by atoms with Gasteiger partial charge in [0.15, 0.2) is 0 Å². The molecule has 5 rings (SSSR count). The number of para-hydroxylation sites is 2. The molecule has 5 aromatic rings. The van der Waals surface area contributed by atoms with Crippen LogP contribution in [-0.2, 0) is 17.1 Å². The molecule has 0 N–H and O–H groups in total. The summed E-state index contributed by atoms with van der Waals surface area (Å²) in [5.74, 6) is 1.34. The quantitative estimate of drug-likeness (QED) is 0.0805. The summed E-state index contributed by atoms with van der Waals surface area (Å²) in [5.41, 5.74) is 12.5. The fourth-order valence-corrected chi connectivity index (χ4v) is 5.94. The second kappa shape index (κ2) is 20.4. The topological polar surface area (TPSA) is 133 Å². The maximum absolute atomic E-state index is 6.00. The van der Waals surface area contributed by atoms with Crippen molar-refractivity contribution in [3.8, 4) is 0 Å². The van der Waals surface area contributed by atoms with Crippen molar-refractivity contribution in [3.05, 3.63) is 160 Å². The zero-order chi connectivity index (χ0) is 36.8. The molecule has 0 unspecified atom stereocenters. The first kappa shape index (κ1) is 41.9. The number of nitrogens with zero attached hydrogens (tertiary/aromatic N) is 7. The standard InChI is InChI=1S/C43H47N3.Fe.2N2/c1-28(2)34-22-15-23-35(29(3)4)42(34)45-40(32-18-11-9-12-19-32)38-26-17-27-39(44-38)41(33-20-13-10-14-21-33)46-43-36(30(5)6)24-16-25-37(43)31(7)8;;2*1-2/h9-31H,1-8H3;;;. The number of benzene rings is 4. The Bertz CT molecular complexity index is 1750. The van der Waals surface area contributed by atoms with Crippen LogP contribution >= 0.6 is 0 Å². The van der Waals surface area contributed by atoms with Gasteiger partial charge in [0.25, 0.3) is 0 Å². The second-order valence-electron chi connectivity index (χ2n) is 13.2. The van der Waals surface area contributed by atoms with Crippen molar-refractivity contribution in [2.45, 2.75) is 79.1 Å². The van der Waals surface area contributed by atoms with Gasteiger partial charge in [0.2, 0.25) is 0 Å². The summed E-state index contributed by atoms with van der Waals surface area (Å²) in [6.45, 7) is 17.9. The Balaban J connectivity index is 0.00000174. The number of aliphatic imine (C=N–C) groups is 2. The van der Waals surface area contributed by atoms with E-state index in [-0.39, 0.29) is 17.1 Å². The van der Waals surface area contributed by atoms with E-state index in [1.807, 2.05) is 12.1 Å². The first-order valence-electron chi connectivity index (χ1n) is 17.1. The van der Waals surface area contributed by atoms with Gasteiger partial charge < -0.3 is 0 Å². The predicted molar refractivity (Wildman–Crippen MR) is 204 cm³/mol. The van der Waals surface area contributed by atoms with Gasteiger partial charge in [0.05, 0.1) is 34.2 Å². The third-order valence-corrected chi connectivity index (χ3v) is 8.46. The Hall–Kier alpha value is -5.27. The summed E-state index contributed by atoms with van der Waals surface area (Å²) in [7, 11) is 0. The zero-order valence-electron chi connectivity index (χ0n) is 30.8. The molecule has 0 aliphatic carbocycles. The summed E-state index contributed by atoms with van der Waals surface area (Å²) in [6.07, 6.45) is 0. The van der Waals surface area contributed by atoms with Crippen LogP contribution in [0.25, 0.3) is 0 Å². The van der Waals surface area contributed by atoms with Crippen molar-refractivity contribution in [2.24, 2.45) is 9.98 Å². The van der Waals surface area contributed by atoms with E-state index in [0.717, 1.165) is 45.3 Å². The van der Waals surface area contributed by atoms with E-state index < -0.39 is 0 Å². The van der Waals surface area contributed by atoms with Crippen LogP contribution < -0.4 is 0 Å². The van der Waals surface area contributed by atoms with Crippen molar-refractivity contribution in [2.75, 3.05) is 0 Å².